The zero-order valence-corrected chi connectivity index (χ0v) is 13.5. The molecule has 1 aromatic heterocycles. The minimum absolute atomic E-state index is 0.0819. The van der Waals surface area contributed by atoms with Gasteiger partial charge in [0.25, 0.3) is 0 Å². The van der Waals surface area contributed by atoms with Gasteiger partial charge < -0.3 is 10.6 Å². The quantitative estimate of drug-likeness (QED) is 0.899. The van der Waals surface area contributed by atoms with Crippen LogP contribution in [0.2, 0.25) is 0 Å². The predicted molar refractivity (Wildman–Crippen MR) is 84.0 cm³/mol. The van der Waals surface area contributed by atoms with E-state index in [1.54, 1.807) is 11.3 Å². The molecule has 0 radical (unpaired) electrons. The molecular formula is C15H27N3S. The third-order valence-electron chi connectivity index (χ3n) is 3.88. The fourth-order valence-electron chi connectivity index (χ4n) is 2.75. The van der Waals surface area contributed by atoms with Crippen molar-refractivity contribution in [2.45, 2.75) is 71.4 Å². The third kappa shape index (κ3) is 3.29. The number of anilines is 1. The second-order valence-electron chi connectivity index (χ2n) is 6.61. The van der Waals surface area contributed by atoms with E-state index in [4.69, 9.17) is 10.7 Å². The number of nitrogens with two attached hydrogens (primary N) is 1. The first-order chi connectivity index (χ1) is 8.93. The third-order valence-corrected chi connectivity index (χ3v) is 5.00. The molecule has 0 aliphatic carbocycles. The van der Waals surface area contributed by atoms with Crippen LogP contribution >= 0.6 is 11.3 Å². The summed E-state index contributed by atoms with van der Waals surface area (Å²) in [5.41, 5.74) is 7.18. The Morgan fingerprint density at radius 1 is 1.32 bits per heavy atom. The Morgan fingerprint density at radius 3 is 2.63 bits per heavy atom. The summed E-state index contributed by atoms with van der Waals surface area (Å²) in [6.45, 7) is 10.7. The number of nitrogens with zero attached hydrogens (tertiary/aromatic N) is 2. The van der Waals surface area contributed by atoms with Gasteiger partial charge in [0, 0.05) is 29.4 Å². The van der Waals surface area contributed by atoms with Crippen LogP contribution in [0.1, 0.15) is 63.9 Å². The molecule has 4 heteroatoms. The van der Waals surface area contributed by atoms with E-state index in [0.29, 0.717) is 12.6 Å². The van der Waals surface area contributed by atoms with E-state index < -0.39 is 0 Å². The van der Waals surface area contributed by atoms with Gasteiger partial charge in [0.15, 0.2) is 5.13 Å². The van der Waals surface area contributed by atoms with E-state index in [1.165, 1.54) is 41.4 Å². The highest BCUT2D eigenvalue weighted by Gasteiger charge is 2.26. The Labute approximate surface area is 121 Å². The van der Waals surface area contributed by atoms with Crippen LogP contribution in [0.5, 0.6) is 0 Å². The van der Waals surface area contributed by atoms with E-state index in [-0.39, 0.29) is 5.41 Å². The van der Waals surface area contributed by atoms with Crippen molar-refractivity contribution in [3.63, 3.8) is 0 Å². The summed E-state index contributed by atoms with van der Waals surface area (Å²) < 4.78 is 0. The minimum Gasteiger partial charge on any atom is -0.345 e. The van der Waals surface area contributed by atoms with E-state index in [0.717, 1.165) is 6.54 Å². The molecule has 0 bridgehead atoms. The van der Waals surface area contributed by atoms with E-state index in [9.17, 15) is 0 Å². The van der Waals surface area contributed by atoms with E-state index in [1.807, 2.05) is 0 Å². The fraction of sp³-hybridized carbons (Fsp3) is 0.800. The molecule has 1 atom stereocenters. The average molecular weight is 281 g/mol. The average Bonchev–Trinajstić information content (AvgIpc) is 2.66. The molecule has 1 unspecified atom stereocenters. The highest BCUT2D eigenvalue weighted by Crippen LogP contribution is 2.35. The molecule has 2 N–H and O–H groups in total. The first-order valence-electron chi connectivity index (χ1n) is 7.40. The fourth-order valence-corrected chi connectivity index (χ4v) is 4.02. The Kier molecular flexibility index (Phi) is 4.51. The van der Waals surface area contributed by atoms with Gasteiger partial charge in [-0.2, -0.15) is 0 Å². The Balaban J connectivity index is 2.31. The largest absolute Gasteiger partial charge is 0.345 e. The topological polar surface area (TPSA) is 42.2 Å². The van der Waals surface area contributed by atoms with Crippen molar-refractivity contribution < 1.29 is 0 Å². The van der Waals surface area contributed by atoms with Gasteiger partial charge in [-0.25, -0.2) is 4.98 Å². The van der Waals surface area contributed by atoms with Crippen LogP contribution in [0.15, 0.2) is 0 Å². The molecule has 0 aromatic carbocycles. The molecule has 108 valence electrons. The van der Waals surface area contributed by atoms with Crippen molar-refractivity contribution in [2.24, 2.45) is 5.73 Å². The van der Waals surface area contributed by atoms with Crippen molar-refractivity contribution in [3.05, 3.63) is 10.6 Å². The Hall–Kier alpha value is -0.610. The molecule has 1 aromatic rings. The number of rotatable bonds is 2. The molecule has 1 fully saturated rings. The van der Waals surface area contributed by atoms with Gasteiger partial charge in [-0.1, -0.05) is 33.6 Å². The maximum atomic E-state index is 5.91. The van der Waals surface area contributed by atoms with Crippen LogP contribution in [0.25, 0.3) is 0 Å². The lowest BCUT2D eigenvalue weighted by Gasteiger charge is -2.26. The van der Waals surface area contributed by atoms with Crippen molar-refractivity contribution >= 4 is 16.5 Å². The lowest BCUT2D eigenvalue weighted by Crippen LogP contribution is -2.32. The molecule has 19 heavy (non-hydrogen) atoms. The lowest BCUT2D eigenvalue weighted by atomic mass is 9.91. The summed E-state index contributed by atoms with van der Waals surface area (Å²) in [6.07, 6.45) is 5.26. The monoisotopic (exact) mass is 281 g/mol. The molecule has 1 aliphatic rings. The van der Waals surface area contributed by atoms with Gasteiger partial charge in [-0.15, -0.1) is 11.3 Å². The molecule has 1 saturated heterocycles. The second kappa shape index (κ2) is 5.80. The summed E-state index contributed by atoms with van der Waals surface area (Å²) in [5, 5.41) is 1.18. The SMILES string of the molecule is CC1CCCCCN1c1nc(C(C)(C)C)c(CN)s1. The number of hydrogen-bond acceptors (Lipinski definition) is 4. The molecule has 0 saturated carbocycles. The molecule has 0 spiro atoms. The smallest absolute Gasteiger partial charge is 0.186 e. The normalized spacial score (nSPS) is 21.5. The number of hydrogen-bond donors (Lipinski definition) is 1. The zero-order valence-electron chi connectivity index (χ0n) is 12.7. The van der Waals surface area contributed by atoms with Gasteiger partial charge >= 0.3 is 0 Å². The first kappa shape index (κ1) is 14.8. The van der Waals surface area contributed by atoms with Gasteiger partial charge in [-0.05, 0) is 19.8 Å². The Bertz CT molecular complexity index is 420. The highest BCUT2D eigenvalue weighted by molar-refractivity contribution is 7.15. The molecule has 3 nitrogen and oxygen atoms in total. The summed E-state index contributed by atoms with van der Waals surface area (Å²) in [5.74, 6) is 0. The van der Waals surface area contributed by atoms with Crippen LogP contribution < -0.4 is 10.6 Å². The lowest BCUT2D eigenvalue weighted by molar-refractivity contribution is 0.562. The maximum Gasteiger partial charge on any atom is 0.186 e. The van der Waals surface area contributed by atoms with Crippen LogP contribution in [0.4, 0.5) is 5.13 Å². The standard InChI is InChI=1S/C15H27N3S/c1-11-8-6-5-7-9-18(11)14-17-13(15(2,3)4)12(10-16)19-14/h11H,5-10,16H2,1-4H3. The molecule has 2 heterocycles. The Morgan fingerprint density at radius 2 is 2.05 bits per heavy atom. The van der Waals surface area contributed by atoms with E-state index >= 15 is 0 Å². The van der Waals surface area contributed by atoms with Gasteiger partial charge in [0.2, 0.25) is 0 Å². The van der Waals surface area contributed by atoms with Crippen LogP contribution in [0, 0.1) is 0 Å². The minimum atomic E-state index is 0.0819. The summed E-state index contributed by atoms with van der Waals surface area (Å²) in [4.78, 5) is 8.67. The number of thiazole rings is 1. The zero-order chi connectivity index (χ0) is 14.0. The van der Waals surface area contributed by atoms with Gasteiger partial charge in [-0.3, -0.25) is 0 Å². The van der Waals surface area contributed by atoms with E-state index in [2.05, 4.69) is 32.6 Å². The van der Waals surface area contributed by atoms with Crippen LogP contribution in [0.3, 0.4) is 0 Å². The van der Waals surface area contributed by atoms with Crippen molar-refractivity contribution in [2.75, 3.05) is 11.4 Å². The highest BCUT2D eigenvalue weighted by atomic mass is 32.1. The van der Waals surface area contributed by atoms with Gasteiger partial charge in [0.1, 0.15) is 0 Å². The van der Waals surface area contributed by atoms with Crippen LogP contribution in [-0.4, -0.2) is 17.6 Å². The van der Waals surface area contributed by atoms with Gasteiger partial charge in [0.05, 0.1) is 5.69 Å². The number of aromatic nitrogens is 1. The summed E-state index contributed by atoms with van der Waals surface area (Å²) in [6, 6.07) is 0.604. The second-order valence-corrected chi connectivity index (χ2v) is 7.68. The molecule has 0 amide bonds. The van der Waals surface area contributed by atoms with Crippen molar-refractivity contribution in [1.82, 2.24) is 4.98 Å². The van der Waals surface area contributed by atoms with Crippen molar-refractivity contribution in [1.29, 1.82) is 0 Å². The summed E-state index contributed by atoms with van der Waals surface area (Å²) in [7, 11) is 0. The first-order valence-corrected chi connectivity index (χ1v) is 8.22. The maximum absolute atomic E-state index is 5.91. The summed E-state index contributed by atoms with van der Waals surface area (Å²) >= 11 is 1.80. The van der Waals surface area contributed by atoms with Crippen molar-refractivity contribution in [3.8, 4) is 0 Å². The predicted octanol–water partition coefficient (Wildman–Crippen LogP) is 3.67. The van der Waals surface area contributed by atoms with Crippen LogP contribution in [-0.2, 0) is 12.0 Å². The molecule has 1 aliphatic heterocycles. The molecule has 2 rings (SSSR count). The molecular weight excluding hydrogens is 254 g/mol.